The van der Waals surface area contributed by atoms with Crippen LogP contribution >= 0.6 is 49.9 Å². The van der Waals surface area contributed by atoms with E-state index >= 15 is 0 Å². The van der Waals surface area contributed by atoms with Crippen LogP contribution in [0.2, 0.25) is 0 Å². The highest BCUT2D eigenvalue weighted by molar-refractivity contribution is 14.1. The summed E-state index contributed by atoms with van der Waals surface area (Å²) in [5.41, 5.74) is 1.90. The number of benzene rings is 1. The largest absolute Gasteiger partial charge is 0.388 e. The zero-order chi connectivity index (χ0) is 12.4. The lowest BCUT2D eigenvalue weighted by atomic mass is 10.1. The Morgan fingerprint density at radius 2 is 2.29 bits per heavy atom. The minimum atomic E-state index is -0.499. The van der Waals surface area contributed by atoms with E-state index in [2.05, 4.69) is 43.5 Å². The molecule has 0 aliphatic carbocycles. The van der Waals surface area contributed by atoms with Gasteiger partial charge in [-0.2, -0.15) is 0 Å². The number of rotatable bonds is 3. The van der Waals surface area contributed by atoms with E-state index in [4.69, 9.17) is 0 Å². The molecular formula is C12H11BrINOS. The van der Waals surface area contributed by atoms with Crippen LogP contribution in [0.15, 0.2) is 28.1 Å². The van der Waals surface area contributed by atoms with Crippen LogP contribution in [0.3, 0.4) is 0 Å². The van der Waals surface area contributed by atoms with Gasteiger partial charge in [0.1, 0.15) is 0 Å². The molecular weight excluding hydrogens is 413 g/mol. The Morgan fingerprint density at radius 1 is 1.53 bits per heavy atom. The van der Waals surface area contributed by atoms with Crippen LogP contribution in [-0.4, -0.2) is 10.1 Å². The van der Waals surface area contributed by atoms with Gasteiger partial charge in [0.2, 0.25) is 0 Å². The number of aryl methyl sites for hydroxylation is 1. The second kappa shape index (κ2) is 5.77. The van der Waals surface area contributed by atoms with Crippen molar-refractivity contribution in [2.75, 3.05) is 0 Å². The highest BCUT2D eigenvalue weighted by Crippen LogP contribution is 2.26. The summed E-state index contributed by atoms with van der Waals surface area (Å²) in [4.78, 5) is 4.37. The van der Waals surface area contributed by atoms with E-state index in [0.717, 1.165) is 24.3 Å². The predicted molar refractivity (Wildman–Crippen MR) is 82.4 cm³/mol. The van der Waals surface area contributed by atoms with Crippen LogP contribution in [0.1, 0.15) is 22.4 Å². The topological polar surface area (TPSA) is 33.1 Å². The molecule has 0 saturated carbocycles. The Morgan fingerprint density at radius 3 is 2.94 bits per heavy atom. The SMILES string of the molecule is Cc1nc(CC(O)c2cc(Br)ccc2I)cs1. The summed E-state index contributed by atoms with van der Waals surface area (Å²) in [6.45, 7) is 1.98. The molecule has 1 heterocycles. The molecule has 2 aromatic rings. The molecule has 17 heavy (non-hydrogen) atoms. The van der Waals surface area contributed by atoms with E-state index in [1.54, 1.807) is 11.3 Å². The molecule has 0 radical (unpaired) electrons. The highest BCUT2D eigenvalue weighted by Gasteiger charge is 2.14. The number of nitrogens with zero attached hydrogens (tertiary/aromatic N) is 1. The van der Waals surface area contributed by atoms with Gasteiger partial charge in [0, 0.05) is 19.8 Å². The zero-order valence-corrected chi connectivity index (χ0v) is 13.7. The average Bonchev–Trinajstić information content (AvgIpc) is 2.67. The fourth-order valence-corrected chi connectivity index (χ4v) is 3.28. The van der Waals surface area contributed by atoms with Crippen molar-refractivity contribution < 1.29 is 5.11 Å². The molecule has 0 fully saturated rings. The second-order valence-corrected chi connectivity index (χ2v) is 6.88. The van der Waals surface area contributed by atoms with Gasteiger partial charge in [-0.1, -0.05) is 15.9 Å². The van der Waals surface area contributed by atoms with Crippen molar-refractivity contribution in [3.8, 4) is 0 Å². The van der Waals surface area contributed by atoms with E-state index in [0.29, 0.717) is 6.42 Å². The van der Waals surface area contributed by atoms with Gasteiger partial charge in [0.05, 0.1) is 16.8 Å². The highest BCUT2D eigenvalue weighted by atomic mass is 127. The first-order valence-electron chi connectivity index (χ1n) is 5.10. The molecule has 1 aromatic heterocycles. The molecule has 0 aliphatic heterocycles. The number of aliphatic hydroxyl groups excluding tert-OH is 1. The maximum atomic E-state index is 10.2. The molecule has 0 amide bonds. The first-order chi connectivity index (χ1) is 8.06. The van der Waals surface area contributed by atoms with Gasteiger partial charge in [-0.15, -0.1) is 11.3 Å². The third-order valence-electron chi connectivity index (χ3n) is 2.39. The summed E-state index contributed by atoms with van der Waals surface area (Å²) in [6.07, 6.45) is 0.0671. The van der Waals surface area contributed by atoms with Crippen LogP contribution in [0.25, 0.3) is 0 Å². The van der Waals surface area contributed by atoms with Crippen LogP contribution in [0.4, 0.5) is 0 Å². The van der Waals surface area contributed by atoms with Crippen LogP contribution in [-0.2, 0) is 6.42 Å². The standard InChI is InChI=1S/C12H11BrINOS/c1-7-15-9(6-17-7)5-12(16)10-4-8(13)2-3-11(10)14/h2-4,6,12,16H,5H2,1H3. The van der Waals surface area contributed by atoms with Crippen molar-refractivity contribution in [3.63, 3.8) is 0 Å². The van der Waals surface area contributed by atoms with E-state index in [9.17, 15) is 5.11 Å². The third-order valence-corrected chi connectivity index (χ3v) is 4.68. The molecule has 0 aliphatic rings. The normalized spacial score (nSPS) is 12.7. The summed E-state index contributed by atoms with van der Waals surface area (Å²) >= 11 is 7.28. The fraction of sp³-hybridized carbons (Fsp3) is 0.250. The van der Waals surface area contributed by atoms with E-state index in [1.807, 2.05) is 30.5 Å². The Balaban J connectivity index is 2.19. The predicted octanol–water partition coefficient (Wildman–Crippen LogP) is 4.09. The van der Waals surface area contributed by atoms with Crippen LogP contribution < -0.4 is 0 Å². The van der Waals surface area contributed by atoms with E-state index in [-0.39, 0.29) is 0 Å². The molecule has 1 atom stereocenters. The summed E-state index contributed by atoms with van der Waals surface area (Å²) in [6, 6.07) is 5.94. The van der Waals surface area contributed by atoms with Crippen molar-refractivity contribution >= 4 is 49.9 Å². The molecule has 1 unspecified atom stereocenters. The van der Waals surface area contributed by atoms with Crippen molar-refractivity contribution in [2.45, 2.75) is 19.4 Å². The maximum Gasteiger partial charge on any atom is 0.0897 e. The van der Waals surface area contributed by atoms with Gasteiger partial charge in [0.15, 0.2) is 0 Å². The Labute approximate surface area is 126 Å². The first-order valence-corrected chi connectivity index (χ1v) is 7.85. The Hall–Kier alpha value is 0.0200. The molecule has 90 valence electrons. The fourth-order valence-electron chi connectivity index (χ4n) is 1.58. The van der Waals surface area contributed by atoms with Gasteiger partial charge in [0.25, 0.3) is 0 Å². The average molecular weight is 424 g/mol. The lowest BCUT2D eigenvalue weighted by Crippen LogP contribution is -2.04. The van der Waals surface area contributed by atoms with Gasteiger partial charge < -0.3 is 5.11 Å². The summed E-state index contributed by atoms with van der Waals surface area (Å²) in [7, 11) is 0. The second-order valence-electron chi connectivity index (χ2n) is 3.74. The number of hydrogen-bond acceptors (Lipinski definition) is 3. The molecule has 2 nitrogen and oxygen atoms in total. The summed E-state index contributed by atoms with van der Waals surface area (Å²) < 4.78 is 2.06. The lowest BCUT2D eigenvalue weighted by Gasteiger charge is -2.12. The maximum absolute atomic E-state index is 10.2. The molecule has 1 aromatic carbocycles. The van der Waals surface area contributed by atoms with Crippen LogP contribution in [0.5, 0.6) is 0 Å². The van der Waals surface area contributed by atoms with Crippen molar-refractivity contribution in [3.05, 3.63) is 47.9 Å². The van der Waals surface area contributed by atoms with Gasteiger partial charge in [-0.3, -0.25) is 0 Å². The molecule has 0 saturated heterocycles. The minimum absolute atomic E-state index is 0.499. The lowest BCUT2D eigenvalue weighted by molar-refractivity contribution is 0.176. The monoisotopic (exact) mass is 423 g/mol. The summed E-state index contributed by atoms with van der Waals surface area (Å²) in [5.74, 6) is 0. The number of thiazole rings is 1. The minimum Gasteiger partial charge on any atom is -0.388 e. The molecule has 2 rings (SSSR count). The van der Waals surface area contributed by atoms with Crippen LogP contribution in [0, 0.1) is 10.5 Å². The Bertz CT molecular complexity index is 529. The zero-order valence-electron chi connectivity index (χ0n) is 9.15. The number of aromatic nitrogens is 1. The smallest absolute Gasteiger partial charge is 0.0897 e. The summed E-state index contributed by atoms with van der Waals surface area (Å²) in [5, 5.41) is 13.3. The quantitative estimate of drug-likeness (QED) is 0.754. The number of halogens is 2. The third kappa shape index (κ3) is 3.49. The van der Waals surface area contributed by atoms with Crippen molar-refractivity contribution in [2.24, 2.45) is 0 Å². The number of hydrogen-bond donors (Lipinski definition) is 1. The molecule has 0 spiro atoms. The van der Waals surface area contributed by atoms with Gasteiger partial charge in [-0.05, 0) is 53.3 Å². The van der Waals surface area contributed by atoms with E-state index in [1.165, 1.54) is 0 Å². The Kier molecular flexibility index (Phi) is 4.57. The van der Waals surface area contributed by atoms with Crippen molar-refractivity contribution in [1.29, 1.82) is 0 Å². The molecule has 1 N–H and O–H groups in total. The van der Waals surface area contributed by atoms with Crippen molar-refractivity contribution in [1.82, 2.24) is 4.98 Å². The number of aliphatic hydroxyl groups is 1. The van der Waals surface area contributed by atoms with Gasteiger partial charge >= 0.3 is 0 Å². The molecule has 5 heteroatoms. The van der Waals surface area contributed by atoms with E-state index < -0.39 is 6.10 Å². The van der Waals surface area contributed by atoms with Gasteiger partial charge in [-0.25, -0.2) is 4.98 Å². The molecule has 0 bridgehead atoms. The first kappa shape index (κ1) is 13.5.